The van der Waals surface area contributed by atoms with Gasteiger partial charge in [0, 0.05) is 13.1 Å². The summed E-state index contributed by atoms with van der Waals surface area (Å²) < 4.78 is 10.5. The number of nitrogens with one attached hydrogen (secondary N) is 1. The summed E-state index contributed by atoms with van der Waals surface area (Å²) in [6, 6.07) is 7.18. The molecule has 1 N–H and O–H groups in total. The molecule has 0 radical (unpaired) electrons. The standard InChI is InChI=1S/C23H30N2O5S/c1-7-25(8-2)22(27)20-15(5)19(23(28)30-14(3)4)21(31-20)24-18(26)13-16-9-11-17(29-6)12-10-16/h9-12,14H,7-8,13H2,1-6H3,(H,24,26). The van der Waals surface area contributed by atoms with Crippen molar-refractivity contribution in [3.63, 3.8) is 0 Å². The molecular formula is C23H30N2O5S. The maximum Gasteiger partial charge on any atom is 0.341 e. The predicted octanol–water partition coefficient (Wildman–Crippen LogP) is 4.29. The molecule has 31 heavy (non-hydrogen) atoms. The van der Waals surface area contributed by atoms with Crippen LogP contribution >= 0.6 is 11.3 Å². The zero-order valence-corrected chi connectivity index (χ0v) is 19.7. The molecule has 1 heterocycles. The Morgan fingerprint density at radius 3 is 2.23 bits per heavy atom. The smallest absolute Gasteiger partial charge is 0.341 e. The number of nitrogens with zero attached hydrogens (tertiary/aromatic N) is 1. The maximum atomic E-state index is 12.9. The van der Waals surface area contributed by atoms with E-state index in [0.717, 1.165) is 16.9 Å². The van der Waals surface area contributed by atoms with E-state index in [2.05, 4.69) is 5.32 Å². The SMILES string of the molecule is CCN(CC)C(=O)c1sc(NC(=O)Cc2ccc(OC)cc2)c(C(=O)OC(C)C)c1C. The third-order valence-corrected chi connectivity index (χ3v) is 5.91. The van der Waals surface area contributed by atoms with E-state index in [-0.39, 0.29) is 29.9 Å². The van der Waals surface area contributed by atoms with Crippen LogP contribution in [-0.4, -0.2) is 49.0 Å². The molecule has 1 aromatic heterocycles. The van der Waals surface area contributed by atoms with Crippen LogP contribution in [0.3, 0.4) is 0 Å². The van der Waals surface area contributed by atoms with Crippen LogP contribution in [0.1, 0.15) is 58.9 Å². The van der Waals surface area contributed by atoms with Crippen molar-refractivity contribution < 1.29 is 23.9 Å². The molecule has 0 spiro atoms. The Labute approximate surface area is 187 Å². The minimum absolute atomic E-state index is 0.124. The van der Waals surface area contributed by atoms with Gasteiger partial charge in [-0.1, -0.05) is 12.1 Å². The normalized spacial score (nSPS) is 10.7. The zero-order valence-electron chi connectivity index (χ0n) is 18.9. The average Bonchev–Trinajstić information content (AvgIpc) is 3.04. The van der Waals surface area contributed by atoms with Crippen molar-refractivity contribution in [1.29, 1.82) is 0 Å². The van der Waals surface area contributed by atoms with Crippen LogP contribution < -0.4 is 10.1 Å². The van der Waals surface area contributed by atoms with E-state index in [1.807, 2.05) is 13.8 Å². The third-order valence-electron chi connectivity index (χ3n) is 4.72. The molecule has 1 aromatic carbocycles. The number of benzene rings is 1. The Morgan fingerprint density at radius 2 is 1.71 bits per heavy atom. The fourth-order valence-electron chi connectivity index (χ4n) is 3.08. The second kappa shape index (κ2) is 10.9. The molecule has 2 rings (SSSR count). The molecule has 2 amide bonds. The lowest BCUT2D eigenvalue weighted by Crippen LogP contribution is -2.30. The highest BCUT2D eigenvalue weighted by Gasteiger charge is 2.28. The highest BCUT2D eigenvalue weighted by molar-refractivity contribution is 7.18. The number of thiophene rings is 1. The minimum atomic E-state index is -0.554. The molecule has 0 saturated carbocycles. The average molecular weight is 447 g/mol. The van der Waals surface area contributed by atoms with Crippen LogP contribution in [0.2, 0.25) is 0 Å². The fraction of sp³-hybridized carbons (Fsp3) is 0.435. The van der Waals surface area contributed by atoms with Gasteiger partial charge in [0.05, 0.1) is 30.1 Å². The molecule has 8 heteroatoms. The van der Waals surface area contributed by atoms with Gasteiger partial charge < -0.3 is 19.7 Å². The summed E-state index contributed by atoms with van der Waals surface area (Å²) in [6.45, 7) is 10.1. The second-order valence-electron chi connectivity index (χ2n) is 7.26. The highest BCUT2D eigenvalue weighted by atomic mass is 32.1. The lowest BCUT2D eigenvalue weighted by atomic mass is 10.1. The molecule has 0 fully saturated rings. The van der Waals surface area contributed by atoms with Crippen LogP contribution in [0.5, 0.6) is 5.75 Å². The number of hydrogen-bond donors (Lipinski definition) is 1. The lowest BCUT2D eigenvalue weighted by Gasteiger charge is -2.18. The molecule has 2 aromatic rings. The largest absolute Gasteiger partial charge is 0.497 e. The van der Waals surface area contributed by atoms with Gasteiger partial charge in [0.25, 0.3) is 5.91 Å². The molecule has 0 aliphatic heterocycles. The number of carbonyl (C=O) groups is 3. The number of esters is 1. The van der Waals surface area contributed by atoms with E-state index in [9.17, 15) is 14.4 Å². The zero-order chi connectivity index (χ0) is 23.1. The van der Waals surface area contributed by atoms with Crippen molar-refractivity contribution in [2.75, 3.05) is 25.5 Å². The minimum Gasteiger partial charge on any atom is -0.497 e. The van der Waals surface area contributed by atoms with Crippen LogP contribution in [-0.2, 0) is 16.0 Å². The first-order chi connectivity index (χ1) is 14.7. The van der Waals surface area contributed by atoms with Gasteiger partial charge in [0.1, 0.15) is 10.8 Å². The number of anilines is 1. The predicted molar refractivity (Wildman–Crippen MR) is 122 cm³/mol. The Kier molecular flexibility index (Phi) is 8.62. The third kappa shape index (κ3) is 6.07. The summed E-state index contributed by atoms with van der Waals surface area (Å²) in [6.07, 6.45) is -0.199. The Hall–Kier alpha value is -2.87. The van der Waals surface area contributed by atoms with Gasteiger partial charge >= 0.3 is 5.97 Å². The van der Waals surface area contributed by atoms with E-state index < -0.39 is 5.97 Å². The summed E-state index contributed by atoms with van der Waals surface area (Å²) in [4.78, 5) is 40.5. The monoisotopic (exact) mass is 446 g/mol. The van der Waals surface area contributed by atoms with Gasteiger partial charge in [-0.25, -0.2) is 4.79 Å². The molecule has 0 atom stereocenters. The van der Waals surface area contributed by atoms with Crippen molar-refractivity contribution in [3.8, 4) is 5.75 Å². The number of rotatable bonds is 9. The molecule has 168 valence electrons. The lowest BCUT2D eigenvalue weighted by molar-refractivity contribution is -0.115. The second-order valence-corrected chi connectivity index (χ2v) is 8.29. The van der Waals surface area contributed by atoms with Crippen molar-refractivity contribution in [1.82, 2.24) is 4.90 Å². The highest BCUT2D eigenvalue weighted by Crippen LogP contribution is 2.35. The fourth-order valence-corrected chi connectivity index (χ4v) is 4.26. The summed E-state index contributed by atoms with van der Waals surface area (Å²) >= 11 is 1.11. The van der Waals surface area contributed by atoms with Crippen molar-refractivity contribution in [2.45, 2.75) is 47.1 Å². The van der Waals surface area contributed by atoms with Gasteiger partial charge in [-0.2, -0.15) is 0 Å². The van der Waals surface area contributed by atoms with E-state index in [0.29, 0.717) is 34.3 Å². The van der Waals surface area contributed by atoms with E-state index in [1.165, 1.54) is 0 Å². The van der Waals surface area contributed by atoms with Gasteiger partial charge in [0.2, 0.25) is 5.91 Å². The molecule has 0 saturated heterocycles. The Balaban J connectivity index is 2.34. The number of ether oxygens (including phenoxy) is 2. The first kappa shape index (κ1) is 24.4. The van der Waals surface area contributed by atoms with Crippen molar-refractivity contribution in [3.05, 3.63) is 45.8 Å². The van der Waals surface area contributed by atoms with Gasteiger partial charge in [-0.15, -0.1) is 11.3 Å². The number of amides is 2. The molecule has 0 unspecified atom stereocenters. The topological polar surface area (TPSA) is 84.9 Å². The van der Waals surface area contributed by atoms with Crippen LogP contribution in [0.4, 0.5) is 5.00 Å². The summed E-state index contributed by atoms with van der Waals surface area (Å²) in [5.41, 5.74) is 1.56. The quantitative estimate of drug-likeness (QED) is 0.581. The van der Waals surface area contributed by atoms with Crippen LogP contribution in [0, 0.1) is 6.92 Å². The van der Waals surface area contributed by atoms with Gasteiger partial charge in [-0.05, 0) is 57.9 Å². The molecule has 0 aliphatic rings. The van der Waals surface area contributed by atoms with E-state index in [4.69, 9.17) is 9.47 Å². The molecular weight excluding hydrogens is 416 g/mol. The number of methoxy groups -OCH3 is 1. The summed E-state index contributed by atoms with van der Waals surface area (Å²) in [5.74, 6) is -0.299. The first-order valence-corrected chi connectivity index (χ1v) is 11.1. The van der Waals surface area contributed by atoms with Crippen LogP contribution in [0.25, 0.3) is 0 Å². The number of hydrogen-bond acceptors (Lipinski definition) is 6. The van der Waals surface area contributed by atoms with Crippen molar-refractivity contribution >= 4 is 34.1 Å². The van der Waals surface area contributed by atoms with Gasteiger partial charge in [0.15, 0.2) is 0 Å². The Bertz CT molecular complexity index is 930. The first-order valence-electron chi connectivity index (χ1n) is 10.3. The maximum absolute atomic E-state index is 12.9. The molecule has 0 aliphatic carbocycles. The molecule has 7 nitrogen and oxygen atoms in total. The van der Waals surface area contributed by atoms with E-state index in [1.54, 1.807) is 57.0 Å². The van der Waals surface area contributed by atoms with E-state index >= 15 is 0 Å². The van der Waals surface area contributed by atoms with Crippen LogP contribution in [0.15, 0.2) is 24.3 Å². The summed E-state index contributed by atoms with van der Waals surface area (Å²) in [5, 5.41) is 3.14. The summed E-state index contributed by atoms with van der Waals surface area (Å²) in [7, 11) is 1.58. The number of carbonyl (C=O) groups excluding carboxylic acids is 3. The van der Waals surface area contributed by atoms with Crippen molar-refractivity contribution in [2.24, 2.45) is 0 Å². The Morgan fingerprint density at radius 1 is 1.10 bits per heavy atom. The van der Waals surface area contributed by atoms with Gasteiger partial charge in [-0.3, -0.25) is 9.59 Å². The molecule has 0 bridgehead atoms.